The van der Waals surface area contributed by atoms with Crippen LogP contribution in [0.5, 0.6) is 0 Å². The zero-order valence-corrected chi connectivity index (χ0v) is 18.6. The molecule has 2 amide bonds. The molecular weight excluding hydrogens is 404 g/mol. The largest absolute Gasteiger partial charge is 0.431 e. The van der Waals surface area contributed by atoms with Crippen LogP contribution in [0.4, 0.5) is 6.01 Å². The van der Waals surface area contributed by atoms with Crippen molar-refractivity contribution in [1.82, 2.24) is 15.2 Å². The van der Waals surface area contributed by atoms with Crippen molar-refractivity contribution < 1.29 is 14.0 Å². The lowest BCUT2D eigenvalue weighted by molar-refractivity contribution is -0.137. The molecule has 1 aromatic carbocycles. The van der Waals surface area contributed by atoms with Crippen LogP contribution >= 0.6 is 11.6 Å². The zero-order chi connectivity index (χ0) is 22.1. The SMILES string of the molecule is CC(C)C(NC(=O)c1coc(N)n1)C(=O)N1CCC(c2ccc(Cl)cc2)C(C)(C)C1. The maximum Gasteiger partial charge on any atom is 0.292 e. The van der Waals surface area contributed by atoms with Crippen LogP contribution in [0.25, 0.3) is 0 Å². The molecule has 2 heterocycles. The summed E-state index contributed by atoms with van der Waals surface area (Å²) in [4.78, 5) is 31.5. The molecule has 162 valence electrons. The molecule has 1 aliphatic rings. The number of anilines is 1. The van der Waals surface area contributed by atoms with Crippen molar-refractivity contribution in [2.45, 2.75) is 46.1 Å². The van der Waals surface area contributed by atoms with Gasteiger partial charge < -0.3 is 20.4 Å². The second-order valence-electron chi connectivity index (χ2n) is 8.91. The number of hydrogen-bond donors (Lipinski definition) is 2. The maximum atomic E-state index is 13.3. The molecule has 30 heavy (non-hydrogen) atoms. The number of halogens is 1. The number of nitrogens with zero attached hydrogens (tertiary/aromatic N) is 2. The first kappa shape index (κ1) is 22.2. The lowest BCUT2D eigenvalue weighted by Crippen LogP contribution is -2.55. The minimum Gasteiger partial charge on any atom is -0.431 e. The minimum absolute atomic E-state index is 0.0627. The van der Waals surface area contributed by atoms with E-state index in [2.05, 4.69) is 36.3 Å². The summed E-state index contributed by atoms with van der Waals surface area (Å²) in [6.07, 6.45) is 2.03. The van der Waals surface area contributed by atoms with E-state index in [9.17, 15) is 9.59 Å². The van der Waals surface area contributed by atoms with Crippen LogP contribution in [0.2, 0.25) is 5.02 Å². The number of carbonyl (C=O) groups is 2. The molecule has 1 aliphatic heterocycles. The molecule has 0 radical (unpaired) electrons. The van der Waals surface area contributed by atoms with Crippen LogP contribution in [-0.4, -0.2) is 40.8 Å². The number of benzene rings is 1. The van der Waals surface area contributed by atoms with Gasteiger partial charge in [0, 0.05) is 18.1 Å². The summed E-state index contributed by atoms with van der Waals surface area (Å²) < 4.78 is 4.90. The predicted octanol–water partition coefficient (Wildman–Crippen LogP) is 3.71. The van der Waals surface area contributed by atoms with Gasteiger partial charge in [0.05, 0.1) is 0 Å². The molecule has 3 rings (SSSR count). The Labute approximate surface area is 182 Å². The fourth-order valence-corrected chi connectivity index (χ4v) is 4.30. The quantitative estimate of drug-likeness (QED) is 0.749. The summed E-state index contributed by atoms with van der Waals surface area (Å²) in [6.45, 7) is 9.40. The Hall–Kier alpha value is -2.54. The highest BCUT2D eigenvalue weighted by Crippen LogP contribution is 2.42. The van der Waals surface area contributed by atoms with Crippen LogP contribution in [0, 0.1) is 11.3 Å². The molecule has 0 aliphatic carbocycles. The second-order valence-corrected chi connectivity index (χ2v) is 9.34. The smallest absolute Gasteiger partial charge is 0.292 e. The summed E-state index contributed by atoms with van der Waals surface area (Å²) in [5.41, 5.74) is 6.62. The van der Waals surface area contributed by atoms with E-state index in [1.54, 1.807) is 0 Å². The maximum absolute atomic E-state index is 13.3. The van der Waals surface area contributed by atoms with Gasteiger partial charge in [-0.15, -0.1) is 0 Å². The topological polar surface area (TPSA) is 101 Å². The third-order valence-corrected chi connectivity index (χ3v) is 6.04. The number of hydrogen-bond acceptors (Lipinski definition) is 5. The lowest BCUT2D eigenvalue weighted by atomic mass is 9.70. The zero-order valence-electron chi connectivity index (χ0n) is 17.8. The van der Waals surface area contributed by atoms with Crippen molar-refractivity contribution in [3.63, 3.8) is 0 Å². The predicted molar refractivity (Wildman–Crippen MR) is 116 cm³/mol. The molecule has 0 spiro atoms. The molecule has 1 fully saturated rings. The van der Waals surface area contributed by atoms with Crippen LogP contribution in [0.15, 0.2) is 34.9 Å². The average Bonchev–Trinajstić information content (AvgIpc) is 3.12. The molecule has 2 aromatic rings. The number of rotatable bonds is 5. The van der Waals surface area contributed by atoms with Gasteiger partial charge in [-0.1, -0.05) is 51.4 Å². The van der Waals surface area contributed by atoms with Crippen LogP contribution in [-0.2, 0) is 4.79 Å². The Balaban J connectivity index is 1.71. The van der Waals surface area contributed by atoms with Gasteiger partial charge in [-0.2, -0.15) is 4.98 Å². The molecule has 7 nitrogen and oxygen atoms in total. The van der Waals surface area contributed by atoms with Gasteiger partial charge in [0.1, 0.15) is 12.3 Å². The number of likely N-dealkylation sites (tertiary alicyclic amines) is 1. The van der Waals surface area contributed by atoms with E-state index in [0.29, 0.717) is 24.0 Å². The van der Waals surface area contributed by atoms with Crippen molar-refractivity contribution in [2.24, 2.45) is 11.3 Å². The van der Waals surface area contributed by atoms with Crippen molar-refractivity contribution in [1.29, 1.82) is 0 Å². The molecular formula is C22H29ClN4O3. The molecule has 3 N–H and O–H groups in total. The number of nitrogens with two attached hydrogens (primary N) is 1. The van der Waals surface area contributed by atoms with Gasteiger partial charge in [0.2, 0.25) is 5.91 Å². The Morgan fingerprint density at radius 2 is 1.97 bits per heavy atom. The third kappa shape index (κ3) is 4.78. The van der Waals surface area contributed by atoms with E-state index in [-0.39, 0.29) is 28.9 Å². The van der Waals surface area contributed by atoms with Crippen LogP contribution in [0.1, 0.15) is 56.1 Å². The summed E-state index contributed by atoms with van der Waals surface area (Å²) in [5.74, 6) is -0.318. The fourth-order valence-electron chi connectivity index (χ4n) is 4.18. The van der Waals surface area contributed by atoms with Gasteiger partial charge in [-0.25, -0.2) is 0 Å². The third-order valence-electron chi connectivity index (χ3n) is 5.79. The Morgan fingerprint density at radius 1 is 1.30 bits per heavy atom. The average molecular weight is 433 g/mol. The van der Waals surface area contributed by atoms with E-state index >= 15 is 0 Å². The number of nitrogens with one attached hydrogen (secondary N) is 1. The van der Waals surface area contributed by atoms with Crippen molar-refractivity contribution in [2.75, 3.05) is 18.8 Å². The van der Waals surface area contributed by atoms with E-state index in [4.69, 9.17) is 21.8 Å². The Kier molecular flexibility index (Phi) is 6.41. The Bertz CT molecular complexity index is 907. The fraction of sp³-hybridized carbons (Fsp3) is 0.500. The summed E-state index contributed by atoms with van der Waals surface area (Å²) in [6, 6.07) is 7.20. The number of oxazole rings is 1. The van der Waals surface area contributed by atoms with E-state index in [1.807, 2.05) is 30.9 Å². The monoisotopic (exact) mass is 432 g/mol. The Morgan fingerprint density at radius 3 is 2.50 bits per heavy atom. The first-order valence-electron chi connectivity index (χ1n) is 10.1. The molecule has 2 atom stereocenters. The van der Waals surface area contributed by atoms with Crippen molar-refractivity contribution >= 4 is 29.4 Å². The van der Waals surface area contributed by atoms with Crippen LogP contribution < -0.4 is 11.1 Å². The summed E-state index contributed by atoms with van der Waals surface area (Å²) >= 11 is 6.03. The minimum atomic E-state index is -0.654. The number of nitrogen functional groups attached to an aromatic ring is 1. The van der Waals surface area contributed by atoms with E-state index < -0.39 is 11.9 Å². The second kappa shape index (κ2) is 8.68. The van der Waals surface area contributed by atoms with Gasteiger partial charge in [0.15, 0.2) is 5.69 Å². The number of amides is 2. The first-order valence-corrected chi connectivity index (χ1v) is 10.5. The molecule has 0 bridgehead atoms. The summed E-state index contributed by atoms with van der Waals surface area (Å²) in [5, 5.41) is 3.51. The van der Waals surface area contributed by atoms with Crippen LogP contribution in [0.3, 0.4) is 0 Å². The molecule has 1 aromatic heterocycles. The normalized spacial score (nSPS) is 19.5. The molecule has 2 unspecified atom stereocenters. The highest BCUT2D eigenvalue weighted by atomic mass is 35.5. The van der Waals surface area contributed by atoms with E-state index in [0.717, 1.165) is 6.42 Å². The van der Waals surface area contributed by atoms with E-state index in [1.165, 1.54) is 11.8 Å². The first-order chi connectivity index (χ1) is 14.1. The summed E-state index contributed by atoms with van der Waals surface area (Å²) in [7, 11) is 0. The van der Waals surface area contributed by atoms with Crippen molar-refractivity contribution in [3.05, 3.63) is 46.8 Å². The molecule has 0 saturated carbocycles. The number of aromatic nitrogens is 1. The number of carbonyl (C=O) groups excluding carboxylic acids is 2. The van der Waals surface area contributed by atoms with Gasteiger partial charge in [-0.3, -0.25) is 9.59 Å². The lowest BCUT2D eigenvalue weighted by Gasteiger charge is -2.45. The standard InChI is InChI=1S/C22H29ClN4O3/c1-13(2)18(26-19(28)17-11-30-21(24)25-17)20(29)27-10-9-16(22(3,4)12-27)14-5-7-15(23)8-6-14/h5-8,11,13,16,18H,9-10,12H2,1-4H3,(H2,24,25)(H,26,28). The number of piperidine rings is 1. The highest BCUT2D eigenvalue weighted by molar-refractivity contribution is 6.30. The molecule has 1 saturated heterocycles. The molecule has 8 heteroatoms. The van der Waals surface area contributed by atoms with Gasteiger partial charge >= 0.3 is 0 Å². The highest BCUT2D eigenvalue weighted by Gasteiger charge is 2.40. The van der Waals surface area contributed by atoms with Gasteiger partial charge in [0.25, 0.3) is 11.9 Å². The van der Waals surface area contributed by atoms with Gasteiger partial charge in [-0.05, 0) is 41.4 Å². The van der Waals surface area contributed by atoms with Crippen molar-refractivity contribution in [3.8, 4) is 0 Å².